The molecule has 0 atom stereocenters. The molecule has 22 heavy (non-hydrogen) atoms. The lowest BCUT2D eigenvalue weighted by atomic mass is 10.0. The zero-order chi connectivity index (χ0) is 16.1. The van der Waals surface area contributed by atoms with Gasteiger partial charge in [-0.05, 0) is 64.2 Å². The summed E-state index contributed by atoms with van der Waals surface area (Å²) < 4.78 is 6.47. The zero-order valence-electron chi connectivity index (χ0n) is 11.7. The second-order valence-corrected chi connectivity index (χ2v) is 6.31. The summed E-state index contributed by atoms with van der Waals surface area (Å²) in [5.41, 5.74) is 2.88. The Morgan fingerprint density at radius 3 is 2.50 bits per heavy atom. The molecule has 2 aromatic rings. The summed E-state index contributed by atoms with van der Waals surface area (Å²) in [6.45, 7) is 0. The Kier molecular flexibility index (Phi) is 6.34. The Bertz CT molecular complexity index is 674. The SMILES string of the molecule is O=C(O)c1ccc(CCc2cc(Cl)cc(Br)c2O[CH2][Al])cc1. The number of rotatable bonds is 6. The van der Waals surface area contributed by atoms with E-state index in [0.717, 1.165) is 34.2 Å². The summed E-state index contributed by atoms with van der Waals surface area (Å²) in [6, 6.07) is 10.6. The quantitative estimate of drug-likeness (QED) is 0.750. The van der Waals surface area contributed by atoms with E-state index in [0.29, 0.717) is 16.1 Å². The topological polar surface area (TPSA) is 46.5 Å². The van der Waals surface area contributed by atoms with Crippen LogP contribution in [0.2, 0.25) is 5.02 Å². The Morgan fingerprint density at radius 1 is 1.23 bits per heavy atom. The van der Waals surface area contributed by atoms with Crippen LogP contribution in [0.5, 0.6) is 5.75 Å². The Labute approximate surface area is 150 Å². The Balaban J connectivity index is 2.15. The molecule has 1 N–H and O–H groups in total. The second kappa shape index (κ2) is 8.03. The van der Waals surface area contributed by atoms with Gasteiger partial charge in [0.2, 0.25) is 0 Å². The van der Waals surface area contributed by atoms with Crippen molar-refractivity contribution in [1.29, 1.82) is 0 Å². The summed E-state index contributed by atoms with van der Waals surface area (Å²) >= 11 is 12.1. The summed E-state index contributed by atoms with van der Waals surface area (Å²) in [4.78, 5) is 10.8. The van der Waals surface area contributed by atoms with Crippen LogP contribution in [0, 0.1) is 0 Å². The second-order valence-electron chi connectivity index (χ2n) is 4.69. The molecular formula is C16H13AlBrClO3. The molecule has 0 aliphatic rings. The third-order valence-corrected chi connectivity index (χ3v) is 4.17. The lowest BCUT2D eigenvalue weighted by Gasteiger charge is -2.13. The van der Waals surface area contributed by atoms with Crippen molar-refractivity contribution in [3.05, 3.63) is 62.6 Å². The molecule has 112 valence electrons. The van der Waals surface area contributed by atoms with Gasteiger partial charge in [-0.2, -0.15) is 0 Å². The molecule has 0 aliphatic carbocycles. The van der Waals surface area contributed by atoms with Crippen LogP contribution in [0.1, 0.15) is 21.5 Å². The van der Waals surface area contributed by atoms with Crippen LogP contribution in [0.15, 0.2) is 40.9 Å². The maximum atomic E-state index is 10.8. The van der Waals surface area contributed by atoms with Gasteiger partial charge in [0.25, 0.3) is 0 Å². The highest BCUT2D eigenvalue weighted by atomic mass is 79.9. The van der Waals surface area contributed by atoms with Crippen LogP contribution in [0.4, 0.5) is 0 Å². The Morgan fingerprint density at radius 2 is 1.91 bits per heavy atom. The molecule has 0 amide bonds. The Hall–Kier alpha value is -0.988. The summed E-state index contributed by atoms with van der Waals surface area (Å²) in [7, 11) is 0. The minimum absolute atomic E-state index is 0.293. The standard InChI is InChI=1S/C16H13BrClO3.Al/c1-21-15-12(8-13(18)9-14(15)17)7-4-10-2-5-11(6-3-10)16(19)20;/h2-3,5-6,8-9H,1,4,7H2,(H,19,20);. The van der Waals surface area contributed by atoms with Crippen LogP contribution in [0.25, 0.3) is 0 Å². The summed E-state index contributed by atoms with van der Waals surface area (Å²) in [5, 5.41) is 9.55. The van der Waals surface area contributed by atoms with E-state index in [1.165, 1.54) is 0 Å². The molecule has 0 heterocycles. The number of aromatic carboxylic acids is 1. The highest BCUT2D eigenvalue weighted by molar-refractivity contribution is 9.10. The molecule has 0 aliphatic heterocycles. The molecule has 0 fully saturated rings. The lowest BCUT2D eigenvalue weighted by molar-refractivity contribution is 0.0697. The highest BCUT2D eigenvalue weighted by Crippen LogP contribution is 2.33. The van der Waals surface area contributed by atoms with E-state index < -0.39 is 5.97 Å². The van der Waals surface area contributed by atoms with E-state index in [9.17, 15) is 4.79 Å². The lowest BCUT2D eigenvalue weighted by Crippen LogP contribution is -2.02. The molecule has 6 heteroatoms. The largest absolute Gasteiger partial charge is 0.510 e. The van der Waals surface area contributed by atoms with Gasteiger partial charge >= 0.3 is 5.97 Å². The minimum Gasteiger partial charge on any atom is -0.510 e. The molecule has 2 aromatic carbocycles. The summed E-state index contributed by atoms with van der Waals surface area (Å²) in [5.74, 6) is -0.122. The average molecular weight is 396 g/mol. The first kappa shape index (κ1) is 17.4. The number of carboxylic acid groups (broad SMARTS) is 1. The predicted molar refractivity (Wildman–Crippen MR) is 91.2 cm³/mol. The van der Waals surface area contributed by atoms with Crippen molar-refractivity contribution in [2.75, 3.05) is 5.47 Å². The van der Waals surface area contributed by atoms with Crippen molar-refractivity contribution < 1.29 is 14.6 Å². The van der Waals surface area contributed by atoms with Crippen molar-refractivity contribution >= 4 is 49.8 Å². The third-order valence-electron chi connectivity index (χ3n) is 3.20. The van der Waals surface area contributed by atoms with E-state index in [4.69, 9.17) is 21.4 Å². The average Bonchev–Trinajstić information content (AvgIpc) is 2.48. The van der Waals surface area contributed by atoms with Crippen LogP contribution < -0.4 is 4.74 Å². The molecule has 0 bridgehead atoms. The molecule has 0 aromatic heterocycles. The van der Waals surface area contributed by atoms with Gasteiger partial charge in [0, 0.05) is 10.5 Å². The summed E-state index contributed by atoms with van der Waals surface area (Å²) in [6.07, 6.45) is 1.53. The number of carboxylic acids is 1. The maximum absolute atomic E-state index is 10.8. The van der Waals surface area contributed by atoms with Gasteiger partial charge in [-0.3, -0.25) is 0 Å². The maximum Gasteiger partial charge on any atom is 0.335 e. The first-order valence-electron chi connectivity index (χ1n) is 6.64. The first-order chi connectivity index (χ1) is 10.5. The molecule has 0 saturated heterocycles. The third kappa shape index (κ3) is 4.50. The van der Waals surface area contributed by atoms with Gasteiger partial charge in [-0.1, -0.05) is 23.7 Å². The van der Waals surface area contributed by atoms with E-state index in [2.05, 4.69) is 32.2 Å². The number of hydrogen-bond donors (Lipinski definition) is 1. The predicted octanol–water partition coefficient (Wildman–Crippen LogP) is 4.09. The number of carbonyl (C=O) groups is 1. The van der Waals surface area contributed by atoms with Gasteiger partial charge in [-0.25, -0.2) is 4.79 Å². The molecule has 3 nitrogen and oxygen atoms in total. The van der Waals surface area contributed by atoms with E-state index in [-0.39, 0.29) is 0 Å². The van der Waals surface area contributed by atoms with Gasteiger partial charge in [0.05, 0.1) is 10.0 Å². The normalized spacial score (nSPS) is 10.5. The smallest absolute Gasteiger partial charge is 0.335 e. The molecule has 0 spiro atoms. The van der Waals surface area contributed by atoms with Gasteiger partial charge in [0.15, 0.2) is 16.3 Å². The minimum atomic E-state index is -0.915. The number of aryl methyl sites for hydroxylation is 2. The molecule has 2 rings (SSSR count). The van der Waals surface area contributed by atoms with Gasteiger partial charge in [-0.15, -0.1) is 0 Å². The van der Waals surface area contributed by atoms with Crippen molar-refractivity contribution in [1.82, 2.24) is 0 Å². The number of halogens is 2. The van der Waals surface area contributed by atoms with E-state index in [1.54, 1.807) is 12.1 Å². The molecule has 2 radical (unpaired) electrons. The van der Waals surface area contributed by atoms with Crippen molar-refractivity contribution in [3.8, 4) is 5.75 Å². The van der Waals surface area contributed by atoms with E-state index in [1.807, 2.05) is 24.3 Å². The number of benzene rings is 2. The van der Waals surface area contributed by atoms with Crippen LogP contribution in [-0.4, -0.2) is 32.8 Å². The van der Waals surface area contributed by atoms with Crippen molar-refractivity contribution in [3.63, 3.8) is 0 Å². The fourth-order valence-corrected chi connectivity index (χ4v) is 3.29. The van der Waals surface area contributed by atoms with Crippen LogP contribution in [0.3, 0.4) is 0 Å². The number of ether oxygens (including phenoxy) is 1. The van der Waals surface area contributed by atoms with Gasteiger partial charge in [0.1, 0.15) is 5.75 Å². The molecule has 0 saturated carbocycles. The molecule has 0 unspecified atom stereocenters. The monoisotopic (exact) mass is 394 g/mol. The first-order valence-corrected chi connectivity index (χ1v) is 8.63. The number of hydrogen-bond acceptors (Lipinski definition) is 2. The van der Waals surface area contributed by atoms with E-state index >= 15 is 0 Å². The fourth-order valence-electron chi connectivity index (χ4n) is 2.14. The molecular weight excluding hydrogens is 383 g/mol. The van der Waals surface area contributed by atoms with Gasteiger partial charge < -0.3 is 9.84 Å². The highest BCUT2D eigenvalue weighted by Gasteiger charge is 2.10. The fraction of sp³-hybridized carbons (Fsp3) is 0.188. The van der Waals surface area contributed by atoms with Crippen molar-refractivity contribution in [2.24, 2.45) is 0 Å². The van der Waals surface area contributed by atoms with Crippen molar-refractivity contribution in [2.45, 2.75) is 12.8 Å². The van der Waals surface area contributed by atoms with Crippen LogP contribution in [-0.2, 0) is 12.8 Å². The van der Waals surface area contributed by atoms with Crippen LogP contribution >= 0.6 is 27.5 Å². The zero-order valence-corrected chi connectivity index (χ0v) is 15.2.